The van der Waals surface area contributed by atoms with Gasteiger partial charge >= 0.3 is 11.9 Å². The van der Waals surface area contributed by atoms with Gasteiger partial charge in [0.25, 0.3) is 11.8 Å². The normalized spacial score (nSPS) is 10.0. The molecule has 2 amide bonds. The van der Waals surface area contributed by atoms with Crippen LogP contribution in [0.3, 0.4) is 0 Å². The molecule has 0 aromatic heterocycles. The Morgan fingerprint density at radius 2 is 1.14 bits per heavy atom. The van der Waals surface area contributed by atoms with Crippen molar-refractivity contribution in [3.63, 3.8) is 0 Å². The Bertz CT molecular complexity index is 620. The summed E-state index contributed by atoms with van der Waals surface area (Å²) in [6, 6.07) is 6.52. The summed E-state index contributed by atoms with van der Waals surface area (Å²) in [6.07, 6.45) is 0.580. The number of carboxylic acids is 2. The van der Waals surface area contributed by atoms with Gasteiger partial charge < -0.3 is 30.3 Å². The highest BCUT2D eigenvalue weighted by molar-refractivity contribution is 5.78. The maximum atomic E-state index is 11.7. The number of carboxylic acid groups (broad SMARTS) is 2. The number of carbonyl (C=O) groups excluding carboxylic acids is 2. The molecule has 0 aliphatic heterocycles. The van der Waals surface area contributed by atoms with Crippen molar-refractivity contribution in [2.24, 2.45) is 0 Å². The lowest BCUT2D eigenvalue weighted by Gasteiger charge is -2.12. The highest BCUT2D eigenvalue weighted by Crippen LogP contribution is 2.26. The maximum absolute atomic E-state index is 11.7. The van der Waals surface area contributed by atoms with E-state index in [1.165, 1.54) is 0 Å². The summed E-state index contributed by atoms with van der Waals surface area (Å²) >= 11 is 0. The second-order valence-corrected chi connectivity index (χ2v) is 5.72. The van der Waals surface area contributed by atoms with E-state index in [1.807, 2.05) is 0 Å². The number of aliphatic carboxylic acids is 2. The first-order valence-corrected chi connectivity index (χ1v) is 8.70. The SMILES string of the molecule is O=C(O)CCCNC(=O)COc1ccccc1OCC(=O)NCCCC(=O)O. The summed E-state index contributed by atoms with van der Waals surface area (Å²) in [4.78, 5) is 44.2. The predicted molar refractivity (Wildman–Crippen MR) is 97.2 cm³/mol. The zero-order valence-corrected chi connectivity index (χ0v) is 15.3. The van der Waals surface area contributed by atoms with Gasteiger partial charge in [0.2, 0.25) is 0 Å². The molecule has 10 heteroatoms. The Balaban J connectivity index is 2.35. The monoisotopic (exact) mass is 396 g/mol. The fourth-order valence-corrected chi connectivity index (χ4v) is 2.01. The van der Waals surface area contributed by atoms with Crippen molar-refractivity contribution in [3.8, 4) is 11.5 Å². The Labute approximate surface area is 161 Å². The first-order valence-electron chi connectivity index (χ1n) is 8.70. The number of hydrogen-bond donors (Lipinski definition) is 4. The molecule has 1 aromatic carbocycles. The summed E-state index contributed by atoms with van der Waals surface area (Å²) < 4.78 is 10.8. The van der Waals surface area contributed by atoms with Crippen molar-refractivity contribution in [3.05, 3.63) is 24.3 Å². The van der Waals surface area contributed by atoms with E-state index >= 15 is 0 Å². The Hall–Kier alpha value is -3.30. The first-order chi connectivity index (χ1) is 13.4. The second-order valence-electron chi connectivity index (χ2n) is 5.72. The number of rotatable bonds is 14. The summed E-state index contributed by atoms with van der Waals surface area (Å²) in [5.74, 6) is -2.11. The van der Waals surface area contributed by atoms with Crippen LogP contribution < -0.4 is 20.1 Å². The highest BCUT2D eigenvalue weighted by atomic mass is 16.5. The lowest BCUT2D eigenvalue weighted by molar-refractivity contribution is -0.138. The largest absolute Gasteiger partial charge is 0.481 e. The molecule has 154 valence electrons. The molecule has 0 radical (unpaired) electrons. The van der Waals surface area contributed by atoms with Crippen molar-refractivity contribution in [2.45, 2.75) is 25.7 Å². The van der Waals surface area contributed by atoms with Gasteiger partial charge in [-0.25, -0.2) is 0 Å². The zero-order chi connectivity index (χ0) is 20.8. The molecule has 28 heavy (non-hydrogen) atoms. The second kappa shape index (κ2) is 13.0. The molecule has 0 heterocycles. The predicted octanol–water partition coefficient (Wildman–Crippen LogP) is 0.406. The molecule has 0 aliphatic carbocycles. The minimum absolute atomic E-state index is 0.0316. The summed E-state index contributed by atoms with van der Waals surface area (Å²) in [5.41, 5.74) is 0. The number of benzene rings is 1. The van der Waals surface area contributed by atoms with Gasteiger partial charge in [0.05, 0.1) is 0 Å². The highest BCUT2D eigenvalue weighted by Gasteiger charge is 2.10. The van der Waals surface area contributed by atoms with Crippen molar-refractivity contribution in [1.29, 1.82) is 0 Å². The molecule has 0 atom stereocenters. The van der Waals surface area contributed by atoms with Crippen LogP contribution in [-0.2, 0) is 19.2 Å². The molecule has 0 unspecified atom stereocenters. The van der Waals surface area contributed by atoms with E-state index in [2.05, 4.69) is 10.6 Å². The fourth-order valence-electron chi connectivity index (χ4n) is 2.01. The Morgan fingerprint density at radius 3 is 1.50 bits per heavy atom. The molecular formula is C18H24N2O8. The van der Waals surface area contributed by atoms with Crippen molar-refractivity contribution in [2.75, 3.05) is 26.3 Å². The quantitative estimate of drug-likeness (QED) is 0.330. The number of ether oxygens (including phenoxy) is 2. The summed E-state index contributed by atoms with van der Waals surface area (Å²) in [7, 11) is 0. The van der Waals surface area contributed by atoms with Gasteiger partial charge in [-0.15, -0.1) is 0 Å². The molecule has 4 N–H and O–H groups in total. The lowest BCUT2D eigenvalue weighted by atomic mass is 10.3. The molecule has 0 saturated carbocycles. The number of para-hydroxylation sites is 2. The van der Waals surface area contributed by atoms with Gasteiger partial charge in [-0.05, 0) is 25.0 Å². The van der Waals surface area contributed by atoms with Crippen LogP contribution in [-0.4, -0.2) is 60.3 Å². The van der Waals surface area contributed by atoms with Gasteiger partial charge in [-0.1, -0.05) is 12.1 Å². The van der Waals surface area contributed by atoms with Crippen LogP contribution >= 0.6 is 0 Å². The minimum atomic E-state index is -0.928. The topological polar surface area (TPSA) is 151 Å². The number of amides is 2. The van der Waals surface area contributed by atoms with Crippen LogP contribution in [0.4, 0.5) is 0 Å². The average Bonchev–Trinajstić information content (AvgIpc) is 2.65. The van der Waals surface area contributed by atoms with Crippen molar-refractivity contribution >= 4 is 23.8 Å². The standard InChI is InChI=1S/C18H24N2O8/c21-15(19-9-3-7-17(23)24)11-27-13-5-1-2-6-14(13)28-12-16(22)20-10-4-8-18(25)26/h1-2,5-6H,3-4,7-12H2,(H,19,21)(H,20,22)(H,23,24)(H,25,26). The third-order valence-electron chi connectivity index (χ3n) is 3.35. The smallest absolute Gasteiger partial charge is 0.303 e. The molecule has 1 aromatic rings. The van der Waals surface area contributed by atoms with Gasteiger partial charge in [0.1, 0.15) is 0 Å². The van der Waals surface area contributed by atoms with Gasteiger partial charge in [0, 0.05) is 25.9 Å². The van der Waals surface area contributed by atoms with E-state index in [0.717, 1.165) is 0 Å². The molecule has 0 aliphatic rings. The number of hydrogen-bond acceptors (Lipinski definition) is 6. The zero-order valence-electron chi connectivity index (χ0n) is 15.3. The Morgan fingerprint density at radius 1 is 0.750 bits per heavy atom. The number of carbonyl (C=O) groups is 4. The first kappa shape index (κ1) is 22.7. The van der Waals surface area contributed by atoms with E-state index in [-0.39, 0.29) is 50.6 Å². The number of nitrogens with one attached hydrogen (secondary N) is 2. The van der Waals surface area contributed by atoms with E-state index in [4.69, 9.17) is 19.7 Å². The Kier molecular flexibility index (Phi) is 10.5. The van der Waals surface area contributed by atoms with Gasteiger partial charge in [-0.3, -0.25) is 19.2 Å². The molecule has 0 spiro atoms. The van der Waals surface area contributed by atoms with E-state index in [0.29, 0.717) is 12.8 Å². The minimum Gasteiger partial charge on any atom is -0.481 e. The van der Waals surface area contributed by atoms with Crippen LogP contribution in [0.5, 0.6) is 11.5 Å². The summed E-state index contributed by atoms with van der Waals surface area (Å²) in [6.45, 7) is -0.104. The van der Waals surface area contributed by atoms with E-state index in [1.54, 1.807) is 24.3 Å². The van der Waals surface area contributed by atoms with Gasteiger partial charge in [0.15, 0.2) is 24.7 Å². The fraction of sp³-hybridized carbons (Fsp3) is 0.444. The van der Waals surface area contributed by atoms with Crippen LogP contribution in [0.1, 0.15) is 25.7 Å². The van der Waals surface area contributed by atoms with E-state index in [9.17, 15) is 19.2 Å². The lowest BCUT2D eigenvalue weighted by Crippen LogP contribution is -2.30. The van der Waals surface area contributed by atoms with Crippen LogP contribution in [0, 0.1) is 0 Å². The summed E-state index contributed by atoms with van der Waals surface area (Å²) in [5, 5.41) is 22.1. The molecule has 0 bridgehead atoms. The van der Waals surface area contributed by atoms with Crippen LogP contribution in [0.2, 0.25) is 0 Å². The van der Waals surface area contributed by atoms with Crippen molar-refractivity contribution < 1.29 is 38.9 Å². The van der Waals surface area contributed by atoms with E-state index < -0.39 is 23.8 Å². The third-order valence-corrected chi connectivity index (χ3v) is 3.35. The van der Waals surface area contributed by atoms with Crippen molar-refractivity contribution in [1.82, 2.24) is 10.6 Å². The van der Waals surface area contributed by atoms with Crippen LogP contribution in [0.15, 0.2) is 24.3 Å². The van der Waals surface area contributed by atoms with Crippen LogP contribution in [0.25, 0.3) is 0 Å². The molecular weight excluding hydrogens is 372 g/mol. The maximum Gasteiger partial charge on any atom is 0.303 e. The third kappa shape index (κ3) is 10.6. The average molecular weight is 396 g/mol. The molecule has 0 fully saturated rings. The molecule has 1 rings (SSSR count). The molecule has 10 nitrogen and oxygen atoms in total. The van der Waals surface area contributed by atoms with Gasteiger partial charge in [-0.2, -0.15) is 0 Å². The molecule has 0 saturated heterocycles.